The molecule has 0 spiro atoms. The summed E-state index contributed by atoms with van der Waals surface area (Å²) in [5, 5.41) is 8.05. The molecule has 0 radical (unpaired) electrons. The highest BCUT2D eigenvalue weighted by molar-refractivity contribution is 5.86. The molecule has 4 N–H and O–H groups in total. The number of methoxy groups -OCH3 is 1. The summed E-state index contributed by atoms with van der Waals surface area (Å²) in [5.74, 6) is -0.815. The van der Waals surface area contributed by atoms with E-state index in [2.05, 4.69) is 16.1 Å². The van der Waals surface area contributed by atoms with E-state index in [4.69, 9.17) is 10.9 Å². The van der Waals surface area contributed by atoms with Crippen LogP contribution in [0.2, 0.25) is 0 Å². The van der Waals surface area contributed by atoms with Gasteiger partial charge in [-0.1, -0.05) is 6.58 Å². The van der Waals surface area contributed by atoms with Crippen LogP contribution in [0.25, 0.3) is 0 Å². The number of hydroxylamine groups is 1. The van der Waals surface area contributed by atoms with Gasteiger partial charge in [-0.2, -0.15) is 0 Å². The van der Waals surface area contributed by atoms with Crippen molar-refractivity contribution in [2.75, 3.05) is 26.8 Å². The van der Waals surface area contributed by atoms with Gasteiger partial charge in [-0.05, 0) is 6.92 Å². The van der Waals surface area contributed by atoms with Crippen molar-refractivity contribution in [3.63, 3.8) is 0 Å². The molecule has 0 aliphatic rings. The van der Waals surface area contributed by atoms with Gasteiger partial charge < -0.3 is 20.4 Å². The lowest BCUT2D eigenvalue weighted by Crippen LogP contribution is -2.17. The fraction of sp³-hybridized carbons (Fsp3) is 0.556. The second-order valence-electron chi connectivity index (χ2n) is 2.60. The summed E-state index contributed by atoms with van der Waals surface area (Å²) in [6, 6.07) is 0. The average molecular weight is 238 g/mol. The van der Waals surface area contributed by atoms with Crippen LogP contribution in [0.3, 0.4) is 0 Å². The minimum absolute atomic E-state index is 0. The molecule has 0 aromatic heterocycles. The molecule has 0 aromatic rings. The van der Waals surface area contributed by atoms with Crippen molar-refractivity contribution in [3.05, 3.63) is 12.2 Å². The van der Waals surface area contributed by atoms with Crippen LogP contribution in [0.4, 0.5) is 0 Å². The summed E-state index contributed by atoms with van der Waals surface area (Å²) < 4.78 is 8.72. The van der Waals surface area contributed by atoms with E-state index in [1.807, 2.05) is 5.48 Å². The van der Waals surface area contributed by atoms with Crippen molar-refractivity contribution >= 4 is 11.9 Å². The van der Waals surface area contributed by atoms with Crippen LogP contribution < -0.4 is 11.2 Å². The van der Waals surface area contributed by atoms with E-state index in [0.717, 1.165) is 0 Å². The fourth-order valence-electron chi connectivity index (χ4n) is 0.396. The van der Waals surface area contributed by atoms with E-state index >= 15 is 0 Å². The highest BCUT2D eigenvalue weighted by Crippen LogP contribution is 1.89. The SMILES string of the molecule is C=C(C)C(=O)OCCNO.COC(=O)CN.[HH].[HH]. The van der Waals surface area contributed by atoms with Crippen LogP contribution in [0.15, 0.2) is 12.2 Å². The smallest absolute Gasteiger partial charge is 0.333 e. The number of carbonyl (C=O) groups is 2. The van der Waals surface area contributed by atoms with Gasteiger partial charge in [0.2, 0.25) is 0 Å². The van der Waals surface area contributed by atoms with E-state index in [-0.39, 0.29) is 28.5 Å². The molecule has 0 saturated heterocycles. The molecular formula is C9H22N2O5. The number of esters is 2. The fourth-order valence-corrected chi connectivity index (χ4v) is 0.396. The molecule has 0 saturated carbocycles. The van der Waals surface area contributed by atoms with Crippen molar-refractivity contribution in [2.45, 2.75) is 6.92 Å². The number of nitrogens with one attached hydrogen (secondary N) is 1. The second kappa shape index (κ2) is 11.6. The van der Waals surface area contributed by atoms with Crippen LogP contribution >= 0.6 is 0 Å². The molecule has 7 nitrogen and oxygen atoms in total. The van der Waals surface area contributed by atoms with Gasteiger partial charge in [0.25, 0.3) is 0 Å². The third-order valence-electron chi connectivity index (χ3n) is 1.19. The Labute approximate surface area is 97.1 Å². The largest absolute Gasteiger partial charge is 0.468 e. The Morgan fingerprint density at radius 3 is 2.38 bits per heavy atom. The van der Waals surface area contributed by atoms with E-state index in [1.165, 1.54) is 7.11 Å². The average Bonchev–Trinajstić information content (AvgIpc) is 2.28. The second-order valence-corrected chi connectivity index (χ2v) is 2.60. The van der Waals surface area contributed by atoms with Crippen molar-refractivity contribution in [3.8, 4) is 0 Å². The van der Waals surface area contributed by atoms with Crippen molar-refractivity contribution in [1.29, 1.82) is 0 Å². The molecule has 0 aromatic carbocycles. The molecule has 0 rings (SSSR count). The summed E-state index contributed by atoms with van der Waals surface area (Å²) >= 11 is 0. The monoisotopic (exact) mass is 238 g/mol. The third kappa shape index (κ3) is 12.6. The molecule has 0 atom stereocenters. The Morgan fingerprint density at radius 1 is 1.56 bits per heavy atom. The minimum atomic E-state index is -0.435. The lowest BCUT2D eigenvalue weighted by molar-refractivity contribution is -0.139. The normalized spacial score (nSPS) is 8.50. The first-order chi connectivity index (χ1) is 7.49. The summed E-state index contributed by atoms with van der Waals surface area (Å²) in [7, 11) is 1.30. The molecule has 0 amide bonds. The predicted molar refractivity (Wildman–Crippen MR) is 60.9 cm³/mol. The summed E-state index contributed by atoms with van der Waals surface area (Å²) in [4.78, 5) is 20.4. The molecule has 16 heavy (non-hydrogen) atoms. The van der Waals surface area contributed by atoms with Crippen LogP contribution in [0.5, 0.6) is 0 Å². The number of nitrogens with two attached hydrogens (primary N) is 1. The molecule has 7 heteroatoms. The van der Waals surface area contributed by atoms with Gasteiger partial charge in [-0.25, -0.2) is 10.3 Å². The number of rotatable bonds is 5. The van der Waals surface area contributed by atoms with E-state index in [0.29, 0.717) is 5.57 Å². The highest BCUT2D eigenvalue weighted by Gasteiger charge is 2.00. The first-order valence-corrected chi connectivity index (χ1v) is 4.46. The van der Waals surface area contributed by atoms with Gasteiger partial charge >= 0.3 is 11.9 Å². The van der Waals surface area contributed by atoms with Gasteiger partial charge in [0.1, 0.15) is 6.61 Å². The number of hydrogen-bond donors (Lipinski definition) is 3. The first kappa shape index (κ1) is 17.0. The van der Waals surface area contributed by atoms with Crippen molar-refractivity contribution < 1.29 is 27.1 Å². The van der Waals surface area contributed by atoms with Gasteiger partial charge in [0, 0.05) is 8.43 Å². The maximum absolute atomic E-state index is 10.6. The number of carbonyl (C=O) groups excluding carboxylic acids is 2. The number of hydrogen-bond acceptors (Lipinski definition) is 7. The zero-order valence-electron chi connectivity index (χ0n) is 9.49. The summed E-state index contributed by atoms with van der Waals surface area (Å²) in [6.07, 6.45) is 0. The van der Waals surface area contributed by atoms with Crippen LogP contribution in [0.1, 0.15) is 9.78 Å². The first-order valence-electron chi connectivity index (χ1n) is 4.46. The van der Waals surface area contributed by atoms with Gasteiger partial charge in [0.15, 0.2) is 0 Å². The Hall–Kier alpha value is -1.44. The molecule has 0 heterocycles. The lowest BCUT2D eigenvalue weighted by atomic mass is 10.4. The van der Waals surface area contributed by atoms with E-state index < -0.39 is 5.97 Å². The van der Waals surface area contributed by atoms with Crippen LogP contribution in [0, 0.1) is 0 Å². The van der Waals surface area contributed by atoms with Crippen LogP contribution in [-0.2, 0) is 19.1 Å². The quantitative estimate of drug-likeness (QED) is 0.261. The van der Waals surface area contributed by atoms with E-state index in [1.54, 1.807) is 6.92 Å². The maximum Gasteiger partial charge on any atom is 0.333 e. The zero-order chi connectivity index (χ0) is 13.0. The lowest BCUT2D eigenvalue weighted by Gasteiger charge is -2.01. The Morgan fingerprint density at radius 2 is 2.12 bits per heavy atom. The van der Waals surface area contributed by atoms with Crippen molar-refractivity contribution in [2.24, 2.45) is 5.73 Å². The highest BCUT2D eigenvalue weighted by atomic mass is 16.5. The zero-order valence-corrected chi connectivity index (χ0v) is 9.49. The topological polar surface area (TPSA) is 111 Å². The standard InChI is InChI=1S/C6H11NO3.C3H7NO2.2H2/c1-5(2)6(8)10-4-3-7-9;1-6-3(5)2-4;;/h7,9H,1,3-4H2,2H3;2,4H2,1H3;2*1H. The number of ether oxygens (including phenoxy) is 2. The molecule has 0 aliphatic heterocycles. The van der Waals surface area contributed by atoms with Gasteiger partial charge in [-0.15, -0.1) is 0 Å². The molecule has 0 bridgehead atoms. The summed E-state index contributed by atoms with van der Waals surface area (Å²) in [5.41, 5.74) is 7.02. The molecule has 0 fully saturated rings. The Kier molecular flexibility index (Phi) is 12.3. The van der Waals surface area contributed by atoms with Gasteiger partial charge in [0.05, 0.1) is 20.2 Å². The Bertz CT molecular complexity index is 233. The minimum Gasteiger partial charge on any atom is -0.468 e. The Balaban J connectivity index is -0.000000108. The van der Waals surface area contributed by atoms with E-state index in [9.17, 15) is 9.59 Å². The van der Waals surface area contributed by atoms with Gasteiger partial charge in [-0.3, -0.25) is 4.79 Å². The molecule has 98 valence electrons. The summed E-state index contributed by atoms with van der Waals surface area (Å²) in [6.45, 7) is 5.30. The maximum atomic E-state index is 10.6. The van der Waals surface area contributed by atoms with Crippen LogP contribution in [-0.4, -0.2) is 44.0 Å². The predicted octanol–water partition coefficient (Wildman–Crippen LogP) is -0.305. The third-order valence-corrected chi connectivity index (χ3v) is 1.19. The molecular weight excluding hydrogens is 216 g/mol. The molecule has 0 aliphatic carbocycles. The molecule has 0 unspecified atom stereocenters. The van der Waals surface area contributed by atoms with Crippen molar-refractivity contribution in [1.82, 2.24) is 5.48 Å².